The Balaban J connectivity index is 1.71. The predicted molar refractivity (Wildman–Crippen MR) is 89.5 cm³/mol. The zero-order valence-electron chi connectivity index (χ0n) is 13.3. The van der Waals surface area contributed by atoms with Crippen LogP contribution >= 0.6 is 0 Å². The van der Waals surface area contributed by atoms with Crippen LogP contribution < -0.4 is 0 Å². The Labute approximate surface area is 132 Å². The van der Waals surface area contributed by atoms with Gasteiger partial charge in [0.25, 0.3) is 0 Å². The summed E-state index contributed by atoms with van der Waals surface area (Å²) in [5.41, 5.74) is 3.28. The van der Waals surface area contributed by atoms with E-state index in [2.05, 4.69) is 47.7 Å². The molecule has 0 radical (unpaired) electrons. The van der Waals surface area contributed by atoms with Crippen LogP contribution in [-0.4, -0.2) is 22.5 Å². The summed E-state index contributed by atoms with van der Waals surface area (Å²) in [6, 6.07) is 8.95. The number of benzene rings is 1. The van der Waals surface area contributed by atoms with E-state index in [-0.39, 0.29) is 0 Å². The molecule has 3 nitrogen and oxygen atoms in total. The molecule has 1 aliphatic carbocycles. The number of aromatic nitrogens is 1. The van der Waals surface area contributed by atoms with E-state index in [1.165, 1.54) is 31.2 Å². The molecule has 0 N–H and O–H groups in total. The van der Waals surface area contributed by atoms with Crippen LogP contribution in [0.4, 0.5) is 0 Å². The zero-order valence-corrected chi connectivity index (χ0v) is 13.3. The van der Waals surface area contributed by atoms with Crippen LogP contribution in [0.3, 0.4) is 0 Å². The van der Waals surface area contributed by atoms with Gasteiger partial charge in [0.2, 0.25) is 5.89 Å². The normalized spacial score (nSPS) is 15.5. The predicted octanol–water partition coefficient (Wildman–Crippen LogP) is 4.58. The van der Waals surface area contributed by atoms with Gasteiger partial charge in [0.05, 0.1) is 5.69 Å². The van der Waals surface area contributed by atoms with Crippen LogP contribution in [-0.2, 0) is 6.54 Å². The summed E-state index contributed by atoms with van der Waals surface area (Å²) < 4.78 is 5.67. The van der Waals surface area contributed by atoms with E-state index in [9.17, 15) is 0 Å². The van der Waals surface area contributed by atoms with Gasteiger partial charge in [-0.1, -0.05) is 36.6 Å². The van der Waals surface area contributed by atoms with E-state index < -0.39 is 0 Å². The maximum Gasteiger partial charge on any atom is 0.226 e. The molecular formula is C19H24N2O. The second-order valence-electron chi connectivity index (χ2n) is 6.17. The van der Waals surface area contributed by atoms with E-state index in [0.29, 0.717) is 11.9 Å². The molecule has 1 aliphatic rings. The van der Waals surface area contributed by atoms with Gasteiger partial charge in [-0.3, -0.25) is 4.90 Å². The van der Waals surface area contributed by atoms with Crippen molar-refractivity contribution in [1.29, 1.82) is 0 Å². The molecule has 0 aliphatic heterocycles. The molecule has 1 fully saturated rings. The fourth-order valence-corrected chi connectivity index (χ4v) is 3.19. The van der Waals surface area contributed by atoms with Crippen LogP contribution in [0.25, 0.3) is 11.5 Å². The summed E-state index contributed by atoms with van der Waals surface area (Å²) in [6.07, 6.45) is 9.03. The summed E-state index contributed by atoms with van der Waals surface area (Å²) in [6.45, 7) is 7.73. The Kier molecular flexibility index (Phi) is 4.74. The average Bonchev–Trinajstić information content (AvgIpc) is 3.19. The van der Waals surface area contributed by atoms with E-state index in [4.69, 9.17) is 4.42 Å². The highest BCUT2D eigenvalue weighted by Gasteiger charge is 2.22. The molecule has 2 aromatic rings. The molecule has 1 aromatic heterocycles. The van der Waals surface area contributed by atoms with Crippen LogP contribution in [0.2, 0.25) is 0 Å². The van der Waals surface area contributed by atoms with Crippen molar-refractivity contribution in [2.45, 2.75) is 45.2 Å². The van der Waals surface area contributed by atoms with Crippen molar-refractivity contribution in [1.82, 2.24) is 9.88 Å². The van der Waals surface area contributed by atoms with Crippen molar-refractivity contribution in [3.05, 3.63) is 54.4 Å². The summed E-state index contributed by atoms with van der Waals surface area (Å²) in [4.78, 5) is 7.13. The number of hydrogen-bond acceptors (Lipinski definition) is 3. The first kappa shape index (κ1) is 15.0. The number of nitrogens with zero attached hydrogens (tertiary/aromatic N) is 2. The lowest BCUT2D eigenvalue weighted by molar-refractivity contribution is 0.209. The summed E-state index contributed by atoms with van der Waals surface area (Å²) in [7, 11) is 0. The lowest BCUT2D eigenvalue weighted by Gasteiger charge is -2.26. The Bertz CT molecular complexity index is 609. The number of rotatable bonds is 6. The topological polar surface area (TPSA) is 29.3 Å². The minimum Gasteiger partial charge on any atom is -0.444 e. The van der Waals surface area contributed by atoms with Crippen molar-refractivity contribution in [3.63, 3.8) is 0 Å². The lowest BCUT2D eigenvalue weighted by atomic mass is 10.1. The maximum atomic E-state index is 5.67. The quantitative estimate of drug-likeness (QED) is 0.731. The molecule has 0 amide bonds. The van der Waals surface area contributed by atoms with Crippen molar-refractivity contribution in [2.24, 2.45) is 0 Å². The second kappa shape index (κ2) is 6.93. The summed E-state index contributed by atoms with van der Waals surface area (Å²) in [5, 5.41) is 0. The number of aryl methyl sites for hydroxylation is 1. The fraction of sp³-hybridized carbons (Fsp3) is 0.421. The summed E-state index contributed by atoms with van der Waals surface area (Å²) in [5.74, 6) is 0.708. The monoisotopic (exact) mass is 296 g/mol. The fourth-order valence-electron chi connectivity index (χ4n) is 3.19. The Morgan fingerprint density at radius 2 is 2.00 bits per heavy atom. The highest BCUT2D eigenvalue weighted by molar-refractivity contribution is 5.53. The summed E-state index contributed by atoms with van der Waals surface area (Å²) >= 11 is 0. The van der Waals surface area contributed by atoms with E-state index in [0.717, 1.165) is 24.3 Å². The molecule has 0 unspecified atom stereocenters. The molecule has 1 saturated carbocycles. The molecule has 1 heterocycles. The van der Waals surface area contributed by atoms with E-state index in [1.54, 1.807) is 6.26 Å². The van der Waals surface area contributed by atoms with Gasteiger partial charge in [0.15, 0.2) is 0 Å². The molecule has 1 aromatic carbocycles. The molecule has 0 spiro atoms. The van der Waals surface area contributed by atoms with Crippen LogP contribution in [0.1, 0.15) is 36.9 Å². The molecule has 3 heteroatoms. The van der Waals surface area contributed by atoms with Gasteiger partial charge in [-0.2, -0.15) is 0 Å². The third kappa shape index (κ3) is 3.47. The molecule has 0 atom stereocenters. The average molecular weight is 296 g/mol. The third-order valence-electron chi connectivity index (χ3n) is 4.42. The SMILES string of the molecule is C=CCN(Cc1coc(-c2ccc(C)cc2)n1)C1CCCC1. The number of oxazole rings is 1. The second-order valence-corrected chi connectivity index (χ2v) is 6.17. The number of hydrogen-bond donors (Lipinski definition) is 0. The Hall–Kier alpha value is -1.87. The highest BCUT2D eigenvalue weighted by Crippen LogP contribution is 2.26. The Morgan fingerprint density at radius 1 is 1.27 bits per heavy atom. The standard InChI is InChI=1S/C19H24N2O/c1-3-12-21(18-6-4-5-7-18)13-17-14-22-19(20-17)16-10-8-15(2)9-11-16/h3,8-11,14,18H,1,4-7,12-13H2,2H3. The van der Waals surface area contributed by atoms with Crippen molar-refractivity contribution < 1.29 is 4.42 Å². The zero-order chi connectivity index (χ0) is 15.4. The first-order valence-electron chi connectivity index (χ1n) is 8.12. The first-order chi connectivity index (χ1) is 10.8. The third-order valence-corrected chi connectivity index (χ3v) is 4.42. The largest absolute Gasteiger partial charge is 0.444 e. The van der Waals surface area contributed by atoms with Gasteiger partial charge in [-0.25, -0.2) is 4.98 Å². The minimum atomic E-state index is 0.664. The molecule has 0 bridgehead atoms. The molecule has 0 saturated heterocycles. The van der Waals surface area contributed by atoms with E-state index in [1.807, 2.05) is 6.08 Å². The van der Waals surface area contributed by atoms with Crippen LogP contribution in [0.5, 0.6) is 0 Å². The van der Waals surface area contributed by atoms with Gasteiger partial charge in [-0.05, 0) is 31.9 Å². The minimum absolute atomic E-state index is 0.664. The van der Waals surface area contributed by atoms with Gasteiger partial charge >= 0.3 is 0 Å². The van der Waals surface area contributed by atoms with Crippen LogP contribution in [0, 0.1) is 6.92 Å². The van der Waals surface area contributed by atoms with Gasteiger partial charge in [-0.15, -0.1) is 6.58 Å². The van der Waals surface area contributed by atoms with Crippen LogP contribution in [0.15, 0.2) is 47.6 Å². The van der Waals surface area contributed by atoms with Crippen molar-refractivity contribution >= 4 is 0 Å². The van der Waals surface area contributed by atoms with Crippen molar-refractivity contribution in [3.8, 4) is 11.5 Å². The molecule has 3 rings (SSSR count). The lowest BCUT2D eigenvalue weighted by Crippen LogP contribution is -2.32. The highest BCUT2D eigenvalue weighted by atomic mass is 16.3. The van der Waals surface area contributed by atoms with E-state index >= 15 is 0 Å². The first-order valence-corrected chi connectivity index (χ1v) is 8.12. The smallest absolute Gasteiger partial charge is 0.226 e. The molecule has 116 valence electrons. The Morgan fingerprint density at radius 3 is 2.68 bits per heavy atom. The maximum absolute atomic E-state index is 5.67. The molecular weight excluding hydrogens is 272 g/mol. The van der Waals surface area contributed by atoms with Gasteiger partial charge in [0, 0.05) is 24.7 Å². The van der Waals surface area contributed by atoms with Gasteiger partial charge in [0.1, 0.15) is 6.26 Å². The van der Waals surface area contributed by atoms with Gasteiger partial charge < -0.3 is 4.42 Å². The molecule has 22 heavy (non-hydrogen) atoms. The van der Waals surface area contributed by atoms with Crippen molar-refractivity contribution in [2.75, 3.05) is 6.54 Å².